The molecule has 4 rings (SSSR count). The smallest absolute Gasteiger partial charge is 0.266 e. The summed E-state index contributed by atoms with van der Waals surface area (Å²) < 4.78 is 48.1. The molecule has 166 valence electrons. The monoisotopic (exact) mass is 464 g/mol. The Morgan fingerprint density at radius 2 is 2.16 bits per heavy atom. The van der Waals surface area contributed by atoms with Gasteiger partial charge in [0.2, 0.25) is 0 Å². The summed E-state index contributed by atoms with van der Waals surface area (Å²) in [4.78, 5) is 7.87. The minimum atomic E-state index is -4.06. The summed E-state index contributed by atoms with van der Waals surface area (Å²) in [7, 11) is -2.13. The number of likely N-dealkylation sites (N-methyl/N-ethyl adjacent to an activating group) is 1. The molecule has 0 saturated carbocycles. The number of nitrogens with zero attached hydrogens (tertiary/aromatic N) is 3. The number of nitrogens with one attached hydrogen (secondary N) is 1. The molecule has 1 saturated heterocycles. The van der Waals surface area contributed by atoms with E-state index < -0.39 is 15.8 Å². The lowest BCUT2D eigenvalue weighted by molar-refractivity contribution is 0.291. The Labute approximate surface area is 185 Å². The Bertz CT molecular complexity index is 1160. The van der Waals surface area contributed by atoms with Gasteiger partial charge in [0.25, 0.3) is 10.0 Å². The van der Waals surface area contributed by atoms with Crippen molar-refractivity contribution in [2.75, 3.05) is 29.8 Å². The van der Waals surface area contributed by atoms with E-state index >= 15 is 0 Å². The van der Waals surface area contributed by atoms with Crippen LogP contribution in [0.2, 0.25) is 0 Å². The second-order valence-corrected chi connectivity index (χ2v) is 10.2. The Balaban J connectivity index is 1.49. The molecule has 0 aliphatic carbocycles. The summed E-state index contributed by atoms with van der Waals surface area (Å²) in [6.07, 6.45) is 0.933. The molecule has 7 nitrogen and oxygen atoms in total. The molecule has 2 aromatic heterocycles. The van der Waals surface area contributed by atoms with Crippen LogP contribution in [-0.4, -0.2) is 44.5 Å². The fraction of sp³-hybridized carbons (Fsp3) is 0.381. The van der Waals surface area contributed by atoms with E-state index in [2.05, 4.69) is 14.6 Å². The van der Waals surface area contributed by atoms with Crippen LogP contribution in [0.5, 0.6) is 0 Å². The van der Waals surface area contributed by atoms with Gasteiger partial charge in [0.1, 0.15) is 22.2 Å². The number of benzene rings is 1. The van der Waals surface area contributed by atoms with Crippen molar-refractivity contribution >= 4 is 32.9 Å². The lowest BCUT2D eigenvalue weighted by Crippen LogP contribution is -2.35. The van der Waals surface area contributed by atoms with Crippen molar-refractivity contribution in [2.24, 2.45) is 0 Å². The maximum atomic E-state index is 14.9. The summed E-state index contributed by atoms with van der Waals surface area (Å²) in [6.45, 7) is 6.21. The highest BCUT2D eigenvalue weighted by molar-refractivity contribution is 7.92. The molecular formula is C21H25FN4O3S2. The number of aromatic nitrogens is 1. The second-order valence-electron chi connectivity index (χ2n) is 7.85. The van der Waals surface area contributed by atoms with Gasteiger partial charge in [0, 0.05) is 37.2 Å². The fourth-order valence-corrected chi connectivity index (χ4v) is 5.65. The first-order chi connectivity index (χ1) is 14.7. The maximum absolute atomic E-state index is 14.9. The third-order valence-electron chi connectivity index (χ3n) is 5.56. The van der Waals surface area contributed by atoms with Crippen LogP contribution in [0.15, 0.2) is 44.5 Å². The minimum absolute atomic E-state index is 0.182. The third kappa shape index (κ3) is 4.76. The van der Waals surface area contributed by atoms with E-state index in [1.54, 1.807) is 12.3 Å². The van der Waals surface area contributed by atoms with Crippen molar-refractivity contribution in [3.63, 3.8) is 0 Å². The first-order valence-corrected chi connectivity index (χ1v) is 12.4. The van der Waals surface area contributed by atoms with E-state index in [9.17, 15) is 12.8 Å². The largest absolute Gasteiger partial charge is 0.465 e. The first-order valence-electron chi connectivity index (χ1n) is 9.94. The van der Waals surface area contributed by atoms with E-state index in [0.717, 1.165) is 37.6 Å². The van der Waals surface area contributed by atoms with Crippen LogP contribution in [0.25, 0.3) is 0 Å². The zero-order valence-electron chi connectivity index (χ0n) is 17.6. The van der Waals surface area contributed by atoms with Gasteiger partial charge in [-0.2, -0.15) is 0 Å². The maximum Gasteiger partial charge on any atom is 0.266 e. The predicted molar refractivity (Wildman–Crippen MR) is 120 cm³/mol. The van der Waals surface area contributed by atoms with Crippen LogP contribution >= 0.6 is 11.3 Å². The van der Waals surface area contributed by atoms with Crippen LogP contribution < -0.4 is 9.62 Å². The zero-order valence-corrected chi connectivity index (χ0v) is 19.3. The van der Waals surface area contributed by atoms with Crippen LogP contribution in [0, 0.1) is 19.7 Å². The highest BCUT2D eigenvalue weighted by Gasteiger charge is 2.29. The molecule has 1 fully saturated rings. The zero-order chi connectivity index (χ0) is 22.2. The van der Waals surface area contributed by atoms with Gasteiger partial charge in [-0.3, -0.25) is 9.62 Å². The standard InChI is InChI=1S/C21H25FN4O3S2/c1-14-8-20(31(27,28)24-21-12-30-13-23-21)18(22)9-19(14)25(3)16-6-7-26(10-16)11-17-5-4-15(2)29-17/h4-5,8-9,12-13,16,24H,6-7,10-11H2,1-3H3. The number of hydrogen-bond acceptors (Lipinski definition) is 7. The van der Waals surface area contributed by atoms with E-state index in [1.165, 1.54) is 29.0 Å². The normalized spacial score (nSPS) is 17.2. The average Bonchev–Trinajstić information content (AvgIpc) is 3.46. The number of thiazole rings is 1. The van der Waals surface area contributed by atoms with Gasteiger partial charge < -0.3 is 9.32 Å². The summed E-state index contributed by atoms with van der Waals surface area (Å²) in [6, 6.07) is 6.84. The molecule has 0 bridgehead atoms. The molecular weight excluding hydrogens is 439 g/mol. The average molecular weight is 465 g/mol. The SMILES string of the molecule is Cc1ccc(CN2CCC(N(C)c3cc(F)c(S(=O)(=O)Nc4cscn4)cc3C)C2)o1. The van der Waals surface area contributed by atoms with Gasteiger partial charge in [-0.25, -0.2) is 17.8 Å². The molecule has 1 atom stereocenters. The first kappa shape index (κ1) is 21.8. The summed E-state index contributed by atoms with van der Waals surface area (Å²) in [5.74, 6) is 1.23. The number of anilines is 2. The van der Waals surface area contributed by atoms with Gasteiger partial charge in [-0.1, -0.05) is 0 Å². The number of sulfonamides is 1. The van der Waals surface area contributed by atoms with Crippen molar-refractivity contribution in [1.29, 1.82) is 0 Å². The van der Waals surface area contributed by atoms with Gasteiger partial charge in [0.15, 0.2) is 5.82 Å². The van der Waals surface area contributed by atoms with Crippen molar-refractivity contribution in [3.8, 4) is 0 Å². The van der Waals surface area contributed by atoms with Gasteiger partial charge >= 0.3 is 0 Å². The number of rotatable bonds is 7. The molecule has 1 aliphatic heterocycles. The van der Waals surface area contributed by atoms with Crippen molar-refractivity contribution in [1.82, 2.24) is 9.88 Å². The lowest BCUT2D eigenvalue weighted by atomic mass is 10.1. The number of likely N-dealkylation sites (tertiary alicyclic amines) is 1. The Hall–Kier alpha value is -2.43. The Morgan fingerprint density at radius 1 is 1.35 bits per heavy atom. The van der Waals surface area contributed by atoms with Crippen molar-refractivity contribution in [2.45, 2.75) is 37.8 Å². The molecule has 3 aromatic rings. The lowest BCUT2D eigenvalue weighted by Gasteiger charge is -2.29. The van der Waals surface area contributed by atoms with Crippen LogP contribution in [0.1, 0.15) is 23.5 Å². The van der Waals surface area contributed by atoms with E-state index in [-0.39, 0.29) is 16.8 Å². The number of hydrogen-bond donors (Lipinski definition) is 1. The Morgan fingerprint density at radius 3 is 2.84 bits per heavy atom. The number of halogens is 1. The minimum Gasteiger partial charge on any atom is -0.465 e. The molecule has 1 aromatic carbocycles. The highest BCUT2D eigenvalue weighted by atomic mass is 32.2. The number of aryl methyl sites for hydroxylation is 2. The summed E-state index contributed by atoms with van der Waals surface area (Å²) >= 11 is 1.26. The molecule has 0 spiro atoms. The molecule has 10 heteroatoms. The van der Waals surface area contributed by atoms with Crippen molar-refractivity contribution < 1.29 is 17.2 Å². The quantitative estimate of drug-likeness (QED) is 0.569. The third-order valence-corrected chi connectivity index (χ3v) is 7.52. The van der Waals surface area contributed by atoms with Gasteiger partial charge in [-0.05, 0) is 50.1 Å². The van der Waals surface area contributed by atoms with E-state index in [0.29, 0.717) is 11.3 Å². The second kappa shape index (κ2) is 8.60. The van der Waals surface area contributed by atoms with E-state index in [1.807, 2.05) is 31.0 Å². The van der Waals surface area contributed by atoms with Crippen LogP contribution in [0.4, 0.5) is 15.9 Å². The fourth-order valence-electron chi connectivity index (χ4n) is 3.95. The predicted octanol–water partition coefficient (Wildman–Crippen LogP) is 4.00. The molecule has 1 N–H and O–H groups in total. The molecule has 0 amide bonds. The highest BCUT2D eigenvalue weighted by Crippen LogP contribution is 2.30. The van der Waals surface area contributed by atoms with Crippen LogP contribution in [-0.2, 0) is 16.6 Å². The molecule has 3 heterocycles. The summed E-state index contributed by atoms with van der Waals surface area (Å²) in [5, 5.41) is 1.56. The summed E-state index contributed by atoms with van der Waals surface area (Å²) in [5.41, 5.74) is 2.89. The van der Waals surface area contributed by atoms with Crippen LogP contribution in [0.3, 0.4) is 0 Å². The van der Waals surface area contributed by atoms with Crippen molar-refractivity contribution in [3.05, 3.63) is 58.1 Å². The molecule has 1 unspecified atom stereocenters. The topological polar surface area (TPSA) is 78.7 Å². The molecule has 0 radical (unpaired) electrons. The van der Waals surface area contributed by atoms with E-state index in [4.69, 9.17) is 4.42 Å². The molecule has 1 aliphatic rings. The van der Waals surface area contributed by atoms with Gasteiger partial charge in [-0.15, -0.1) is 11.3 Å². The Kier molecular flexibility index (Phi) is 6.05. The van der Waals surface area contributed by atoms with Gasteiger partial charge in [0.05, 0.1) is 12.1 Å². The molecule has 31 heavy (non-hydrogen) atoms. The number of furan rings is 1.